The normalized spacial score (nSPS) is 25.2. The van der Waals surface area contributed by atoms with Gasteiger partial charge in [0.1, 0.15) is 0 Å². The minimum absolute atomic E-state index is 0.651. The van der Waals surface area contributed by atoms with Gasteiger partial charge in [0.2, 0.25) is 0 Å². The van der Waals surface area contributed by atoms with E-state index in [1.807, 2.05) is 0 Å². The maximum Gasteiger partial charge on any atom is 0.0535 e. The van der Waals surface area contributed by atoms with Crippen LogP contribution in [0.5, 0.6) is 0 Å². The molecule has 2 aliphatic rings. The monoisotopic (exact) mass is 203 g/mol. The lowest BCUT2D eigenvalue weighted by atomic mass is 9.88. The van der Waals surface area contributed by atoms with Crippen molar-refractivity contribution in [3.05, 3.63) is 34.9 Å². The van der Waals surface area contributed by atoms with Crippen LogP contribution in [0.2, 0.25) is 0 Å². The summed E-state index contributed by atoms with van der Waals surface area (Å²) in [6.07, 6.45) is 2.38. The molecule has 2 heterocycles. The fourth-order valence-electron chi connectivity index (χ4n) is 2.72. The van der Waals surface area contributed by atoms with E-state index in [4.69, 9.17) is 4.74 Å². The molecule has 80 valence electrons. The molecule has 0 saturated carbocycles. The number of fused-ring (bicyclic) bond motifs is 1. The summed E-state index contributed by atoms with van der Waals surface area (Å²) in [6.45, 7) is 4.02. The van der Waals surface area contributed by atoms with Gasteiger partial charge in [-0.1, -0.05) is 18.2 Å². The van der Waals surface area contributed by atoms with Gasteiger partial charge in [0.15, 0.2) is 0 Å². The highest BCUT2D eigenvalue weighted by Gasteiger charge is 2.22. The van der Waals surface area contributed by atoms with Crippen molar-refractivity contribution in [1.29, 1.82) is 0 Å². The Labute approximate surface area is 90.6 Å². The minimum Gasteiger partial charge on any atom is -0.381 e. The van der Waals surface area contributed by atoms with Crippen molar-refractivity contribution in [2.75, 3.05) is 19.8 Å². The summed E-state index contributed by atoms with van der Waals surface area (Å²) < 4.78 is 5.49. The Kier molecular flexibility index (Phi) is 2.47. The van der Waals surface area contributed by atoms with Gasteiger partial charge >= 0.3 is 0 Å². The summed E-state index contributed by atoms with van der Waals surface area (Å²) in [5.41, 5.74) is 4.63. The number of hydrogen-bond acceptors (Lipinski definition) is 2. The van der Waals surface area contributed by atoms with Crippen molar-refractivity contribution < 1.29 is 4.74 Å². The molecular formula is C13H17NO. The lowest BCUT2D eigenvalue weighted by Crippen LogP contribution is -2.25. The Balaban J connectivity index is 1.99. The van der Waals surface area contributed by atoms with Crippen LogP contribution in [-0.4, -0.2) is 19.8 Å². The molecule has 15 heavy (non-hydrogen) atoms. The number of nitrogens with one attached hydrogen (secondary N) is 1. The SMILES string of the molecule is c1cc2c(c(C3CCOC3)c1)CCNC2. The first-order valence-electron chi connectivity index (χ1n) is 5.84. The van der Waals surface area contributed by atoms with Crippen LogP contribution in [0.1, 0.15) is 29.0 Å². The van der Waals surface area contributed by atoms with Crippen LogP contribution in [0.15, 0.2) is 18.2 Å². The van der Waals surface area contributed by atoms with Gasteiger partial charge in [0.05, 0.1) is 6.61 Å². The average molecular weight is 203 g/mol. The zero-order chi connectivity index (χ0) is 10.1. The van der Waals surface area contributed by atoms with Gasteiger partial charge in [-0.15, -0.1) is 0 Å². The molecule has 1 unspecified atom stereocenters. The van der Waals surface area contributed by atoms with Gasteiger partial charge in [0, 0.05) is 19.1 Å². The van der Waals surface area contributed by atoms with Crippen LogP contribution in [-0.2, 0) is 17.7 Å². The fourth-order valence-corrected chi connectivity index (χ4v) is 2.72. The van der Waals surface area contributed by atoms with Crippen molar-refractivity contribution in [2.24, 2.45) is 0 Å². The molecule has 1 saturated heterocycles. The van der Waals surface area contributed by atoms with Gasteiger partial charge in [-0.3, -0.25) is 0 Å². The van der Waals surface area contributed by atoms with Crippen LogP contribution >= 0.6 is 0 Å². The number of hydrogen-bond donors (Lipinski definition) is 1. The predicted octanol–water partition coefficient (Wildman–Crippen LogP) is 1.84. The summed E-state index contributed by atoms with van der Waals surface area (Å²) in [5.74, 6) is 0.651. The van der Waals surface area contributed by atoms with E-state index in [-0.39, 0.29) is 0 Å². The maximum absolute atomic E-state index is 5.49. The van der Waals surface area contributed by atoms with Gasteiger partial charge < -0.3 is 10.1 Å². The first-order chi connectivity index (χ1) is 7.45. The molecule has 2 nitrogen and oxygen atoms in total. The maximum atomic E-state index is 5.49. The summed E-state index contributed by atoms with van der Waals surface area (Å²) in [7, 11) is 0. The zero-order valence-corrected chi connectivity index (χ0v) is 8.96. The van der Waals surface area contributed by atoms with E-state index in [0.717, 1.165) is 26.3 Å². The molecule has 0 spiro atoms. The van der Waals surface area contributed by atoms with E-state index < -0.39 is 0 Å². The minimum atomic E-state index is 0.651. The van der Waals surface area contributed by atoms with Gasteiger partial charge in [-0.2, -0.15) is 0 Å². The predicted molar refractivity (Wildman–Crippen MR) is 60.0 cm³/mol. The molecule has 0 amide bonds. The standard InChI is InChI=1S/C13H17NO/c1-2-10-8-14-6-4-13(10)12(3-1)11-5-7-15-9-11/h1-3,11,14H,4-9H2. The largest absolute Gasteiger partial charge is 0.381 e. The lowest BCUT2D eigenvalue weighted by Gasteiger charge is -2.22. The van der Waals surface area contributed by atoms with Crippen LogP contribution in [0.3, 0.4) is 0 Å². The summed E-state index contributed by atoms with van der Waals surface area (Å²) >= 11 is 0. The Morgan fingerprint density at radius 3 is 3.20 bits per heavy atom. The quantitative estimate of drug-likeness (QED) is 0.752. The molecule has 2 aliphatic heterocycles. The highest BCUT2D eigenvalue weighted by molar-refractivity contribution is 5.39. The van der Waals surface area contributed by atoms with E-state index in [1.165, 1.54) is 18.4 Å². The summed E-state index contributed by atoms with van der Waals surface area (Å²) in [4.78, 5) is 0. The van der Waals surface area contributed by atoms with Crippen LogP contribution in [0, 0.1) is 0 Å². The molecule has 1 atom stereocenters. The van der Waals surface area contributed by atoms with Crippen LogP contribution in [0.4, 0.5) is 0 Å². The van der Waals surface area contributed by atoms with Crippen molar-refractivity contribution >= 4 is 0 Å². The lowest BCUT2D eigenvalue weighted by molar-refractivity contribution is 0.194. The third kappa shape index (κ3) is 1.68. The third-order valence-electron chi connectivity index (χ3n) is 3.55. The second kappa shape index (κ2) is 3.95. The van der Waals surface area contributed by atoms with Gasteiger partial charge in [0.25, 0.3) is 0 Å². The van der Waals surface area contributed by atoms with Crippen molar-refractivity contribution in [2.45, 2.75) is 25.3 Å². The topological polar surface area (TPSA) is 21.3 Å². The van der Waals surface area contributed by atoms with Crippen molar-refractivity contribution in [3.8, 4) is 0 Å². The molecule has 1 fully saturated rings. The van der Waals surface area contributed by atoms with Gasteiger partial charge in [-0.25, -0.2) is 0 Å². The highest BCUT2D eigenvalue weighted by atomic mass is 16.5. The number of ether oxygens (including phenoxy) is 1. The molecule has 0 radical (unpaired) electrons. The molecule has 1 aromatic carbocycles. The molecule has 1 N–H and O–H groups in total. The van der Waals surface area contributed by atoms with Crippen molar-refractivity contribution in [1.82, 2.24) is 5.32 Å². The Morgan fingerprint density at radius 2 is 2.33 bits per heavy atom. The highest BCUT2D eigenvalue weighted by Crippen LogP contribution is 2.30. The van der Waals surface area contributed by atoms with E-state index >= 15 is 0 Å². The number of benzene rings is 1. The fraction of sp³-hybridized carbons (Fsp3) is 0.538. The first kappa shape index (κ1) is 9.37. The summed E-state index contributed by atoms with van der Waals surface area (Å²) in [5, 5.41) is 3.43. The zero-order valence-electron chi connectivity index (χ0n) is 8.96. The average Bonchev–Trinajstić information content (AvgIpc) is 2.82. The Hall–Kier alpha value is -0.860. The Bertz CT molecular complexity index is 356. The van der Waals surface area contributed by atoms with E-state index in [1.54, 1.807) is 11.1 Å². The van der Waals surface area contributed by atoms with Crippen LogP contribution < -0.4 is 5.32 Å². The molecule has 0 bridgehead atoms. The van der Waals surface area contributed by atoms with Crippen molar-refractivity contribution in [3.63, 3.8) is 0 Å². The molecule has 2 heteroatoms. The molecular weight excluding hydrogens is 186 g/mol. The van der Waals surface area contributed by atoms with E-state index in [2.05, 4.69) is 23.5 Å². The molecule has 3 rings (SSSR count). The summed E-state index contributed by atoms with van der Waals surface area (Å²) in [6, 6.07) is 6.74. The van der Waals surface area contributed by atoms with Crippen LogP contribution in [0.25, 0.3) is 0 Å². The Morgan fingerprint density at radius 1 is 1.33 bits per heavy atom. The van der Waals surface area contributed by atoms with E-state index in [9.17, 15) is 0 Å². The molecule has 1 aromatic rings. The second-order valence-electron chi connectivity index (χ2n) is 4.47. The third-order valence-corrected chi connectivity index (χ3v) is 3.55. The molecule has 0 aliphatic carbocycles. The first-order valence-corrected chi connectivity index (χ1v) is 5.84. The van der Waals surface area contributed by atoms with E-state index in [0.29, 0.717) is 5.92 Å². The van der Waals surface area contributed by atoms with Gasteiger partial charge in [-0.05, 0) is 36.1 Å². The smallest absolute Gasteiger partial charge is 0.0535 e. The molecule has 0 aromatic heterocycles. The number of rotatable bonds is 1. The second-order valence-corrected chi connectivity index (χ2v) is 4.47.